The predicted octanol–water partition coefficient (Wildman–Crippen LogP) is 4.11. The molecule has 1 amide bonds. The van der Waals surface area contributed by atoms with Crippen molar-refractivity contribution in [3.63, 3.8) is 0 Å². The molecule has 8 heteroatoms. The number of halogens is 3. The van der Waals surface area contributed by atoms with Gasteiger partial charge in [0.25, 0.3) is 0 Å². The highest BCUT2D eigenvalue weighted by Gasteiger charge is 2.30. The molecular formula is C22H18F3N3OS. The zero-order valence-corrected chi connectivity index (χ0v) is 16.8. The SMILES string of the molecule is N#Cc1cc2c(nc1SCC(=O)NCC#Cc1cccc(C(F)(F)F)c1)CCCC2. The van der Waals surface area contributed by atoms with Gasteiger partial charge in [-0.1, -0.05) is 29.7 Å². The molecule has 0 saturated heterocycles. The number of hydrogen-bond acceptors (Lipinski definition) is 4. The van der Waals surface area contributed by atoms with Crippen LogP contribution in [0.4, 0.5) is 13.2 Å². The van der Waals surface area contributed by atoms with Gasteiger partial charge in [-0.15, -0.1) is 0 Å². The van der Waals surface area contributed by atoms with Gasteiger partial charge in [0.2, 0.25) is 5.91 Å². The average molecular weight is 429 g/mol. The predicted molar refractivity (Wildman–Crippen MR) is 108 cm³/mol. The minimum absolute atomic E-state index is 0.0123. The fourth-order valence-electron chi connectivity index (χ4n) is 3.05. The molecule has 0 unspecified atom stereocenters. The Balaban J connectivity index is 1.53. The number of hydrogen-bond donors (Lipinski definition) is 1. The van der Waals surface area contributed by atoms with Gasteiger partial charge in [-0.3, -0.25) is 4.79 Å². The first kappa shape index (κ1) is 21.7. The van der Waals surface area contributed by atoms with Crippen molar-refractivity contribution in [1.82, 2.24) is 10.3 Å². The number of amides is 1. The van der Waals surface area contributed by atoms with E-state index < -0.39 is 11.7 Å². The molecule has 0 aliphatic heterocycles. The standard InChI is InChI=1S/C22H18F3N3OS/c23-22(24,25)18-8-3-5-15(11-18)6-4-10-27-20(29)14-30-21-17(13-26)12-16-7-1-2-9-19(16)28-21/h3,5,8,11-12H,1-2,7,9-10,14H2,(H,27,29). The molecule has 3 rings (SSSR count). The number of carbonyl (C=O) groups excluding carboxylic acids is 1. The summed E-state index contributed by atoms with van der Waals surface area (Å²) >= 11 is 1.19. The lowest BCUT2D eigenvalue weighted by atomic mass is 9.95. The van der Waals surface area contributed by atoms with Crippen molar-refractivity contribution in [2.24, 2.45) is 0 Å². The van der Waals surface area contributed by atoms with Gasteiger partial charge in [0, 0.05) is 11.3 Å². The molecule has 0 saturated carbocycles. The number of alkyl halides is 3. The zero-order chi connectivity index (χ0) is 21.6. The van der Waals surface area contributed by atoms with Gasteiger partial charge in [0.15, 0.2) is 0 Å². The van der Waals surface area contributed by atoms with Crippen LogP contribution in [0.2, 0.25) is 0 Å². The first-order valence-corrected chi connectivity index (χ1v) is 10.3. The third kappa shape index (κ3) is 5.77. The van der Waals surface area contributed by atoms with Gasteiger partial charge in [0.05, 0.1) is 23.4 Å². The van der Waals surface area contributed by atoms with Crippen molar-refractivity contribution in [2.75, 3.05) is 12.3 Å². The van der Waals surface area contributed by atoms with Crippen molar-refractivity contribution >= 4 is 17.7 Å². The quantitative estimate of drug-likeness (QED) is 0.587. The second-order valence-electron chi connectivity index (χ2n) is 6.71. The van der Waals surface area contributed by atoms with Crippen LogP contribution in [0.5, 0.6) is 0 Å². The smallest absolute Gasteiger partial charge is 0.344 e. The zero-order valence-electron chi connectivity index (χ0n) is 16.0. The van der Waals surface area contributed by atoms with E-state index in [-0.39, 0.29) is 23.8 Å². The summed E-state index contributed by atoms with van der Waals surface area (Å²) in [5.41, 5.74) is 2.04. The van der Waals surface area contributed by atoms with Crippen LogP contribution in [-0.4, -0.2) is 23.2 Å². The van der Waals surface area contributed by atoms with Gasteiger partial charge in [-0.2, -0.15) is 18.4 Å². The summed E-state index contributed by atoms with van der Waals surface area (Å²) < 4.78 is 38.1. The van der Waals surface area contributed by atoms with E-state index in [9.17, 15) is 23.2 Å². The van der Waals surface area contributed by atoms with Crippen molar-refractivity contribution < 1.29 is 18.0 Å². The van der Waals surface area contributed by atoms with Crippen LogP contribution in [0.3, 0.4) is 0 Å². The van der Waals surface area contributed by atoms with E-state index in [1.165, 1.54) is 23.9 Å². The van der Waals surface area contributed by atoms with Crippen LogP contribution in [0, 0.1) is 23.2 Å². The molecule has 0 radical (unpaired) electrons. The normalized spacial score (nSPS) is 12.9. The number of nitrogens with zero attached hydrogens (tertiary/aromatic N) is 2. The number of carbonyl (C=O) groups is 1. The number of nitrogens with one attached hydrogen (secondary N) is 1. The number of aryl methyl sites for hydroxylation is 2. The summed E-state index contributed by atoms with van der Waals surface area (Å²) in [4.78, 5) is 16.6. The highest BCUT2D eigenvalue weighted by molar-refractivity contribution is 8.00. The highest BCUT2D eigenvalue weighted by atomic mass is 32.2. The molecule has 1 aromatic carbocycles. The van der Waals surface area contributed by atoms with E-state index >= 15 is 0 Å². The van der Waals surface area contributed by atoms with E-state index in [2.05, 4.69) is 28.2 Å². The number of fused-ring (bicyclic) bond motifs is 1. The number of aromatic nitrogens is 1. The fraction of sp³-hybridized carbons (Fsp3) is 0.318. The Hall–Kier alpha value is -2.97. The van der Waals surface area contributed by atoms with Crippen molar-refractivity contribution in [1.29, 1.82) is 5.26 Å². The summed E-state index contributed by atoms with van der Waals surface area (Å²) in [5, 5.41) is 12.5. The maximum atomic E-state index is 12.7. The number of thioether (sulfide) groups is 1. The van der Waals surface area contributed by atoms with Crippen molar-refractivity contribution in [2.45, 2.75) is 36.9 Å². The van der Waals surface area contributed by atoms with Gasteiger partial charge < -0.3 is 5.32 Å². The van der Waals surface area contributed by atoms with E-state index in [4.69, 9.17) is 0 Å². The van der Waals surface area contributed by atoms with Crippen LogP contribution in [0.25, 0.3) is 0 Å². The van der Waals surface area contributed by atoms with E-state index in [1.54, 1.807) is 0 Å². The molecule has 4 nitrogen and oxygen atoms in total. The first-order chi connectivity index (χ1) is 14.4. The van der Waals surface area contributed by atoms with Crippen LogP contribution in [0.1, 0.15) is 40.8 Å². The molecule has 1 aromatic heterocycles. The molecule has 0 bridgehead atoms. The van der Waals surface area contributed by atoms with E-state index in [0.717, 1.165) is 49.1 Å². The Morgan fingerprint density at radius 2 is 2.03 bits per heavy atom. The lowest BCUT2D eigenvalue weighted by Gasteiger charge is -2.16. The molecule has 0 atom stereocenters. The van der Waals surface area contributed by atoms with Gasteiger partial charge >= 0.3 is 6.18 Å². The molecule has 30 heavy (non-hydrogen) atoms. The van der Waals surface area contributed by atoms with Gasteiger partial charge in [-0.25, -0.2) is 4.98 Å². The van der Waals surface area contributed by atoms with Crippen molar-refractivity contribution in [3.05, 3.63) is 58.3 Å². The molecule has 1 heterocycles. The molecule has 2 aromatic rings. The van der Waals surface area contributed by atoms with E-state index in [0.29, 0.717) is 10.6 Å². The Bertz CT molecular complexity index is 1050. The summed E-state index contributed by atoms with van der Waals surface area (Å²) in [6, 6.07) is 8.72. The molecule has 154 valence electrons. The van der Waals surface area contributed by atoms with Crippen LogP contribution in [-0.2, 0) is 23.8 Å². The van der Waals surface area contributed by atoms with Crippen LogP contribution >= 0.6 is 11.8 Å². The second kappa shape index (κ2) is 9.69. The summed E-state index contributed by atoms with van der Waals surface area (Å²) in [5.74, 6) is 5.04. The lowest BCUT2D eigenvalue weighted by molar-refractivity contribution is -0.137. The monoisotopic (exact) mass is 429 g/mol. The molecule has 1 aliphatic rings. The first-order valence-electron chi connectivity index (χ1n) is 9.35. The number of benzene rings is 1. The van der Waals surface area contributed by atoms with Crippen molar-refractivity contribution in [3.8, 4) is 17.9 Å². The fourth-order valence-corrected chi connectivity index (χ4v) is 3.86. The largest absolute Gasteiger partial charge is 0.416 e. The number of pyridine rings is 1. The van der Waals surface area contributed by atoms with Crippen LogP contribution < -0.4 is 5.32 Å². The minimum Gasteiger partial charge on any atom is -0.344 e. The van der Waals surface area contributed by atoms with Crippen LogP contribution in [0.15, 0.2) is 35.4 Å². The second-order valence-corrected chi connectivity index (χ2v) is 7.68. The Morgan fingerprint density at radius 3 is 2.80 bits per heavy atom. The summed E-state index contributed by atoms with van der Waals surface area (Å²) in [7, 11) is 0. The topological polar surface area (TPSA) is 65.8 Å². The molecule has 1 N–H and O–H groups in total. The van der Waals surface area contributed by atoms with Gasteiger partial charge in [-0.05, 0) is 55.5 Å². The highest BCUT2D eigenvalue weighted by Crippen LogP contribution is 2.29. The maximum absolute atomic E-state index is 12.7. The maximum Gasteiger partial charge on any atom is 0.416 e. The Morgan fingerprint density at radius 1 is 1.23 bits per heavy atom. The molecular weight excluding hydrogens is 411 g/mol. The third-order valence-corrected chi connectivity index (χ3v) is 5.51. The summed E-state index contributed by atoms with van der Waals surface area (Å²) in [6.45, 7) is 0.0123. The van der Waals surface area contributed by atoms with E-state index in [1.807, 2.05) is 6.07 Å². The Kier molecular flexibility index (Phi) is 7.02. The molecule has 0 spiro atoms. The number of nitriles is 1. The summed E-state index contributed by atoms with van der Waals surface area (Å²) in [6.07, 6.45) is -0.452. The number of rotatable bonds is 4. The molecule has 1 aliphatic carbocycles. The Labute approximate surface area is 176 Å². The minimum atomic E-state index is -4.42. The van der Waals surface area contributed by atoms with Gasteiger partial charge in [0.1, 0.15) is 11.1 Å². The third-order valence-electron chi connectivity index (χ3n) is 4.52. The lowest BCUT2D eigenvalue weighted by Crippen LogP contribution is -2.25. The molecule has 0 fully saturated rings. The average Bonchev–Trinajstić information content (AvgIpc) is 2.74.